The second-order valence-corrected chi connectivity index (χ2v) is 7.87. The minimum absolute atomic E-state index is 0.0465. The maximum Gasteiger partial charge on any atom is 0.309 e. The number of amides is 2. The summed E-state index contributed by atoms with van der Waals surface area (Å²) >= 11 is 0. The van der Waals surface area contributed by atoms with Gasteiger partial charge < -0.3 is 29.9 Å². The van der Waals surface area contributed by atoms with Crippen molar-refractivity contribution in [3.8, 4) is 11.5 Å². The third kappa shape index (κ3) is 6.88. The van der Waals surface area contributed by atoms with Gasteiger partial charge in [-0.1, -0.05) is 18.2 Å². The fourth-order valence-corrected chi connectivity index (χ4v) is 3.30. The van der Waals surface area contributed by atoms with Crippen molar-refractivity contribution in [2.45, 2.75) is 12.5 Å². The molecule has 0 fully saturated rings. The summed E-state index contributed by atoms with van der Waals surface area (Å²) < 4.78 is 10.5. The molecule has 1 unspecified atom stereocenters. The van der Waals surface area contributed by atoms with Crippen LogP contribution in [0.15, 0.2) is 42.5 Å². The lowest BCUT2D eigenvalue weighted by Crippen LogP contribution is -2.43. The van der Waals surface area contributed by atoms with Crippen LogP contribution in [-0.4, -0.2) is 72.2 Å². The number of benzene rings is 2. The Labute approximate surface area is 190 Å². The molecule has 174 valence electrons. The zero-order valence-corrected chi connectivity index (χ0v) is 19.8. The largest absolute Gasteiger partial charge is 0.493 e. The van der Waals surface area contributed by atoms with E-state index in [2.05, 4.69) is 10.6 Å². The third-order valence-corrected chi connectivity index (χ3v) is 5.23. The molecule has 0 aliphatic heterocycles. The van der Waals surface area contributed by atoms with Crippen molar-refractivity contribution >= 4 is 17.5 Å². The highest BCUT2D eigenvalue weighted by Crippen LogP contribution is 2.27. The van der Waals surface area contributed by atoms with E-state index in [0.29, 0.717) is 31.0 Å². The fraction of sp³-hybridized carbons (Fsp3) is 0.417. The Hall–Kier alpha value is -3.26. The summed E-state index contributed by atoms with van der Waals surface area (Å²) in [5.74, 6) is -0.0195. The van der Waals surface area contributed by atoms with Gasteiger partial charge in [-0.2, -0.15) is 0 Å². The normalized spacial score (nSPS) is 11.6. The van der Waals surface area contributed by atoms with Crippen LogP contribution in [0.3, 0.4) is 0 Å². The molecule has 0 saturated heterocycles. The van der Waals surface area contributed by atoms with Crippen molar-refractivity contribution in [2.75, 3.05) is 60.4 Å². The Bertz CT molecular complexity index is 897. The van der Waals surface area contributed by atoms with Crippen LogP contribution in [0.1, 0.15) is 17.2 Å². The van der Waals surface area contributed by atoms with Gasteiger partial charge in [-0.05, 0) is 55.9 Å². The maximum atomic E-state index is 12.3. The Morgan fingerprint density at radius 1 is 0.875 bits per heavy atom. The summed E-state index contributed by atoms with van der Waals surface area (Å²) in [7, 11) is 11.0. The highest BCUT2D eigenvalue weighted by molar-refractivity contribution is 6.35. The number of anilines is 1. The number of hydrogen-bond acceptors (Lipinski definition) is 6. The summed E-state index contributed by atoms with van der Waals surface area (Å²) in [6, 6.07) is 13.7. The topological polar surface area (TPSA) is 83.1 Å². The molecule has 8 heteroatoms. The molecule has 0 bridgehead atoms. The minimum Gasteiger partial charge on any atom is -0.493 e. The zero-order valence-electron chi connectivity index (χ0n) is 19.8. The molecule has 32 heavy (non-hydrogen) atoms. The number of rotatable bonds is 10. The first-order valence-corrected chi connectivity index (χ1v) is 10.5. The van der Waals surface area contributed by atoms with Gasteiger partial charge in [0.05, 0.1) is 20.3 Å². The van der Waals surface area contributed by atoms with Crippen LogP contribution in [0.5, 0.6) is 11.5 Å². The van der Waals surface area contributed by atoms with Gasteiger partial charge in [0.1, 0.15) is 0 Å². The van der Waals surface area contributed by atoms with Crippen molar-refractivity contribution in [2.24, 2.45) is 0 Å². The molecule has 2 aromatic carbocycles. The van der Waals surface area contributed by atoms with Crippen LogP contribution in [0.4, 0.5) is 5.69 Å². The lowest BCUT2D eigenvalue weighted by atomic mass is 10.1. The van der Waals surface area contributed by atoms with Gasteiger partial charge in [-0.15, -0.1) is 0 Å². The second kappa shape index (κ2) is 12.0. The van der Waals surface area contributed by atoms with Crippen LogP contribution >= 0.6 is 0 Å². The number of methoxy groups -OCH3 is 2. The van der Waals surface area contributed by atoms with Crippen LogP contribution < -0.4 is 25.0 Å². The number of hydrogen-bond donors (Lipinski definition) is 2. The molecule has 0 saturated carbocycles. The van der Waals surface area contributed by atoms with E-state index in [-0.39, 0.29) is 6.04 Å². The monoisotopic (exact) mass is 442 g/mol. The number of carbonyl (C=O) groups excluding carboxylic acids is 2. The molecule has 2 aromatic rings. The summed E-state index contributed by atoms with van der Waals surface area (Å²) in [5, 5.41) is 5.41. The summed E-state index contributed by atoms with van der Waals surface area (Å²) in [4.78, 5) is 28.5. The Kier molecular flexibility index (Phi) is 9.34. The quantitative estimate of drug-likeness (QED) is 0.547. The molecule has 0 aromatic heterocycles. The van der Waals surface area contributed by atoms with E-state index in [4.69, 9.17) is 9.47 Å². The van der Waals surface area contributed by atoms with Gasteiger partial charge in [-0.3, -0.25) is 9.59 Å². The van der Waals surface area contributed by atoms with E-state index in [1.54, 1.807) is 14.2 Å². The molecule has 2 rings (SSSR count). The SMILES string of the molecule is COc1ccc(CCNC(=O)C(=O)NCC(c2ccc(N(C)C)cc2)N(C)C)cc1OC. The van der Waals surface area contributed by atoms with Crippen molar-refractivity contribution in [3.63, 3.8) is 0 Å². The van der Waals surface area contributed by atoms with Gasteiger partial charge in [0.25, 0.3) is 0 Å². The van der Waals surface area contributed by atoms with E-state index < -0.39 is 11.8 Å². The Balaban J connectivity index is 1.86. The van der Waals surface area contributed by atoms with Crippen molar-refractivity contribution < 1.29 is 19.1 Å². The molecule has 0 radical (unpaired) electrons. The number of ether oxygens (including phenoxy) is 2. The molecule has 0 aliphatic carbocycles. The van der Waals surface area contributed by atoms with Gasteiger partial charge in [0.2, 0.25) is 0 Å². The first kappa shape index (κ1) is 25.0. The molecule has 2 N–H and O–H groups in total. The molecule has 0 aliphatic rings. The van der Waals surface area contributed by atoms with E-state index in [9.17, 15) is 9.59 Å². The first-order valence-electron chi connectivity index (χ1n) is 10.5. The van der Waals surface area contributed by atoms with Crippen molar-refractivity contribution in [3.05, 3.63) is 53.6 Å². The number of carbonyl (C=O) groups is 2. The fourth-order valence-electron chi connectivity index (χ4n) is 3.30. The number of likely N-dealkylation sites (N-methyl/N-ethyl adjacent to an activating group) is 1. The average molecular weight is 443 g/mol. The molecule has 0 heterocycles. The highest BCUT2D eigenvalue weighted by Gasteiger charge is 2.19. The molecule has 2 amide bonds. The van der Waals surface area contributed by atoms with Crippen LogP contribution in [0.2, 0.25) is 0 Å². The van der Waals surface area contributed by atoms with Crippen LogP contribution in [0.25, 0.3) is 0 Å². The second-order valence-electron chi connectivity index (χ2n) is 7.87. The number of nitrogens with zero attached hydrogens (tertiary/aromatic N) is 2. The first-order chi connectivity index (χ1) is 15.3. The van der Waals surface area contributed by atoms with Crippen molar-refractivity contribution in [1.29, 1.82) is 0 Å². The molecular formula is C24H34N4O4. The minimum atomic E-state index is -0.647. The molecule has 0 spiro atoms. The van der Waals surface area contributed by atoms with E-state index in [0.717, 1.165) is 16.8 Å². The van der Waals surface area contributed by atoms with Crippen LogP contribution in [0, 0.1) is 0 Å². The van der Waals surface area contributed by atoms with Crippen LogP contribution in [-0.2, 0) is 16.0 Å². The molecular weight excluding hydrogens is 408 g/mol. The molecule has 1 atom stereocenters. The third-order valence-electron chi connectivity index (χ3n) is 5.23. The van der Waals surface area contributed by atoms with E-state index in [1.807, 2.05) is 80.5 Å². The Morgan fingerprint density at radius 3 is 2.06 bits per heavy atom. The smallest absolute Gasteiger partial charge is 0.309 e. The standard InChI is InChI=1S/C24H34N4O4/c1-27(2)19-10-8-18(9-11-19)20(28(3)4)16-26-24(30)23(29)25-14-13-17-7-12-21(31-5)22(15-17)32-6/h7-12,15,20H,13-14,16H2,1-6H3,(H,25,29)(H,26,30). The highest BCUT2D eigenvalue weighted by atomic mass is 16.5. The zero-order chi connectivity index (χ0) is 23.7. The summed E-state index contributed by atoms with van der Waals surface area (Å²) in [5.41, 5.74) is 3.14. The average Bonchev–Trinajstić information content (AvgIpc) is 2.78. The lowest BCUT2D eigenvalue weighted by Gasteiger charge is -2.25. The summed E-state index contributed by atoms with van der Waals surface area (Å²) in [6.45, 7) is 0.668. The number of nitrogens with one attached hydrogen (secondary N) is 2. The van der Waals surface area contributed by atoms with Gasteiger partial charge >= 0.3 is 11.8 Å². The van der Waals surface area contributed by atoms with E-state index >= 15 is 0 Å². The Morgan fingerprint density at radius 2 is 1.50 bits per heavy atom. The van der Waals surface area contributed by atoms with E-state index in [1.165, 1.54) is 0 Å². The predicted octanol–water partition coefficient (Wildman–Crippen LogP) is 1.85. The van der Waals surface area contributed by atoms with Gasteiger partial charge in [-0.25, -0.2) is 0 Å². The maximum absolute atomic E-state index is 12.3. The predicted molar refractivity (Wildman–Crippen MR) is 126 cm³/mol. The van der Waals surface area contributed by atoms with Gasteiger partial charge in [0.15, 0.2) is 11.5 Å². The lowest BCUT2D eigenvalue weighted by molar-refractivity contribution is -0.139. The van der Waals surface area contributed by atoms with Crippen molar-refractivity contribution in [1.82, 2.24) is 15.5 Å². The summed E-state index contributed by atoms with van der Waals surface area (Å²) in [6.07, 6.45) is 0.567. The molecule has 8 nitrogen and oxygen atoms in total. The van der Waals surface area contributed by atoms with Gasteiger partial charge in [0, 0.05) is 32.9 Å².